The van der Waals surface area contributed by atoms with E-state index in [2.05, 4.69) is 9.97 Å². The average molecular weight is 218 g/mol. The molecule has 0 unspecified atom stereocenters. The van der Waals surface area contributed by atoms with Gasteiger partial charge in [0.15, 0.2) is 11.4 Å². The summed E-state index contributed by atoms with van der Waals surface area (Å²) in [7, 11) is 0. The van der Waals surface area contributed by atoms with Crippen LogP contribution in [0.1, 0.15) is 11.4 Å². The Morgan fingerprint density at radius 2 is 1.25 bits per heavy atom. The van der Waals surface area contributed by atoms with Gasteiger partial charge in [-0.2, -0.15) is 0 Å². The van der Waals surface area contributed by atoms with Gasteiger partial charge in [0, 0.05) is 26.0 Å². The van der Waals surface area contributed by atoms with Crippen molar-refractivity contribution in [3.63, 3.8) is 0 Å². The van der Waals surface area contributed by atoms with Crippen LogP contribution >= 0.6 is 0 Å². The minimum absolute atomic E-state index is 0.0127. The highest BCUT2D eigenvalue weighted by Gasteiger charge is 2.24. The molecule has 82 valence electrons. The maximum atomic E-state index is 11.5. The molecule has 0 amide bonds. The molecule has 0 spiro atoms. The molecule has 16 heavy (non-hydrogen) atoms. The molecule has 2 heterocycles. The topological polar surface area (TPSA) is 79.7 Å². The van der Waals surface area contributed by atoms with Crippen LogP contribution in [0.25, 0.3) is 11.6 Å². The van der Waals surface area contributed by atoms with Crippen molar-refractivity contribution in [3.8, 4) is 11.6 Å². The van der Waals surface area contributed by atoms with E-state index in [1.807, 2.05) is 0 Å². The zero-order valence-corrected chi connectivity index (χ0v) is 8.91. The van der Waals surface area contributed by atoms with Crippen molar-refractivity contribution in [2.45, 2.75) is 13.8 Å². The highest BCUT2D eigenvalue weighted by molar-refractivity contribution is 5.34. The minimum Gasteiger partial charge on any atom is -0.710 e. The molecule has 2 rings (SSSR count). The van der Waals surface area contributed by atoms with Crippen LogP contribution in [0.2, 0.25) is 0 Å². The summed E-state index contributed by atoms with van der Waals surface area (Å²) in [5.74, 6) is 0.0254. The van der Waals surface area contributed by atoms with E-state index < -0.39 is 0 Å². The Hall–Kier alpha value is -2.24. The molecule has 0 aliphatic rings. The first kappa shape index (κ1) is 10.3. The Bertz CT molecular complexity index is 493. The Morgan fingerprint density at radius 3 is 1.62 bits per heavy atom. The molecule has 0 N–H and O–H groups in total. The predicted octanol–water partition coefficient (Wildman–Crippen LogP) is 0.0272. The lowest BCUT2D eigenvalue weighted by molar-refractivity contribution is -0.629. The Labute approximate surface area is 92.0 Å². The van der Waals surface area contributed by atoms with Gasteiger partial charge in [-0.25, -0.2) is 9.46 Å². The molecular weight excluding hydrogens is 208 g/mol. The maximum Gasteiger partial charge on any atom is 0.422 e. The Morgan fingerprint density at radius 1 is 0.875 bits per heavy atom. The van der Waals surface area contributed by atoms with Crippen LogP contribution in [0, 0.1) is 24.3 Å². The van der Waals surface area contributed by atoms with Crippen LogP contribution < -0.4 is 9.46 Å². The zero-order valence-electron chi connectivity index (χ0n) is 8.91. The second kappa shape index (κ2) is 3.73. The molecule has 6 heteroatoms. The minimum atomic E-state index is 0.0127. The monoisotopic (exact) mass is 218 g/mol. The normalized spacial score (nSPS) is 10.4. The van der Waals surface area contributed by atoms with Gasteiger partial charge in [-0.3, -0.25) is 0 Å². The number of aromatic nitrogens is 4. The summed E-state index contributed by atoms with van der Waals surface area (Å²) in [6.07, 6.45) is 2.61. The van der Waals surface area contributed by atoms with Gasteiger partial charge in [0.05, 0.1) is 12.4 Å². The lowest BCUT2D eigenvalue weighted by Gasteiger charge is -2.06. The lowest BCUT2D eigenvalue weighted by Crippen LogP contribution is -2.38. The van der Waals surface area contributed by atoms with Gasteiger partial charge in [-0.1, -0.05) is 0 Å². The second-order valence-electron chi connectivity index (χ2n) is 3.44. The maximum absolute atomic E-state index is 11.5. The third kappa shape index (κ3) is 1.77. The summed E-state index contributed by atoms with van der Waals surface area (Å²) in [6.45, 7) is 3.49. The average Bonchev–Trinajstić information content (AvgIpc) is 2.25. The number of nitrogens with zero attached hydrogens (tertiary/aromatic N) is 4. The predicted molar refractivity (Wildman–Crippen MR) is 54.9 cm³/mol. The van der Waals surface area contributed by atoms with Crippen LogP contribution in [0.4, 0.5) is 0 Å². The van der Waals surface area contributed by atoms with Gasteiger partial charge in [-0.05, 0) is 9.97 Å². The smallest absolute Gasteiger partial charge is 0.422 e. The molecule has 0 aliphatic carbocycles. The lowest BCUT2D eigenvalue weighted by atomic mass is 10.4. The molecule has 0 fully saturated rings. The van der Waals surface area contributed by atoms with Gasteiger partial charge in [-0.15, -0.1) is 0 Å². The van der Waals surface area contributed by atoms with Crippen molar-refractivity contribution in [1.29, 1.82) is 0 Å². The first-order valence-corrected chi connectivity index (χ1v) is 4.72. The molecule has 0 saturated heterocycles. The van der Waals surface area contributed by atoms with Crippen molar-refractivity contribution in [1.82, 2.24) is 9.97 Å². The third-order valence-electron chi connectivity index (χ3n) is 2.08. The molecule has 0 saturated carbocycles. The van der Waals surface area contributed by atoms with Crippen molar-refractivity contribution in [2.24, 2.45) is 0 Å². The van der Waals surface area contributed by atoms with Gasteiger partial charge in [0.25, 0.3) is 0 Å². The first-order chi connectivity index (χ1) is 7.58. The van der Waals surface area contributed by atoms with E-state index in [1.54, 1.807) is 26.0 Å². The van der Waals surface area contributed by atoms with E-state index in [9.17, 15) is 10.4 Å². The van der Waals surface area contributed by atoms with Gasteiger partial charge >= 0.3 is 11.6 Å². The molecule has 0 radical (unpaired) electrons. The Kier molecular flexibility index (Phi) is 2.40. The molecule has 2 aromatic rings. The van der Waals surface area contributed by atoms with Gasteiger partial charge in [0.1, 0.15) is 0 Å². The van der Waals surface area contributed by atoms with Gasteiger partial charge < -0.3 is 10.4 Å². The highest BCUT2D eigenvalue weighted by atomic mass is 16.5. The summed E-state index contributed by atoms with van der Waals surface area (Å²) in [5.41, 5.74) is 1.32. The number of hydrogen-bond donors (Lipinski definition) is 0. The van der Waals surface area contributed by atoms with Crippen molar-refractivity contribution in [3.05, 3.63) is 46.3 Å². The highest BCUT2D eigenvalue weighted by Crippen LogP contribution is 2.05. The second-order valence-corrected chi connectivity index (χ2v) is 3.44. The van der Waals surface area contributed by atoms with Gasteiger partial charge in [0.2, 0.25) is 0 Å². The van der Waals surface area contributed by atoms with Crippen molar-refractivity contribution in [2.75, 3.05) is 0 Å². The first-order valence-electron chi connectivity index (χ1n) is 4.72. The molecule has 0 aliphatic heterocycles. The summed E-state index contributed by atoms with van der Waals surface area (Å²) in [6, 6.07) is 3.14. The fraction of sp³-hybridized carbons (Fsp3) is 0.200. The fourth-order valence-corrected chi connectivity index (χ4v) is 1.30. The molecule has 2 aromatic heterocycles. The molecule has 0 bridgehead atoms. The largest absolute Gasteiger partial charge is 0.710 e. The quantitative estimate of drug-likeness (QED) is 0.499. The zero-order chi connectivity index (χ0) is 11.7. The van der Waals surface area contributed by atoms with Crippen molar-refractivity contribution >= 4 is 0 Å². The van der Waals surface area contributed by atoms with Crippen LogP contribution in [0.15, 0.2) is 24.5 Å². The number of aryl methyl sites for hydroxylation is 2. The Balaban J connectivity index is 2.66. The van der Waals surface area contributed by atoms with E-state index in [4.69, 9.17) is 0 Å². The van der Waals surface area contributed by atoms with Crippen LogP contribution in [-0.2, 0) is 0 Å². The molecule has 6 nitrogen and oxygen atoms in total. The van der Waals surface area contributed by atoms with E-state index in [0.29, 0.717) is 20.8 Å². The number of rotatable bonds is 1. The van der Waals surface area contributed by atoms with Crippen LogP contribution in [-0.4, -0.2) is 9.97 Å². The van der Waals surface area contributed by atoms with E-state index in [1.165, 1.54) is 12.4 Å². The molecule has 0 atom stereocenters. The summed E-state index contributed by atoms with van der Waals surface area (Å²) in [4.78, 5) is 8.02. The molecular formula is C10H10N4O2. The SMILES string of the molecule is Cc1cc[n+]([O-])c(-c2nc(C)cc[n+]2[O-])n1. The van der Waals surface area contributed by atoms with Crippen LogP contribution in [0.3, 0.4) is 0 Å². The summed E-state index contributed by atoms with van der Waals surface area (Å²) < 4.78 is 1.06. The van der Waals surface area contributed by atoms with Crippen molar-refractivity contribution < 1.29 is 9.46 Å². The van der Waals surface area contributed by atoms with Crippen LogP contribution in [0.5, 0.6) is 0 Å². The summed E-state index contributed by atoms with van der Waals surface area (Å²) in [5, 5.41) is 23.0. The number of hydrogen-bond acceptors (Lipinski definition) is 4. The fourth-order valence-electron chi connectivity index (χ4n) is 1.30. The van der Waals surface area contributed by atoms with E-state index in [0.717, 1.165) is 0 Å². The van der Waals surface area contributed by atoms with E-state index >= 15 is 0 Å². The summed E-state index contributed by atoms with van der Waals surface area (Å²) >= 11 is 0. The standard InChI is InChI=1S/C10H10N4O2/c1-7-3-5-13(15)9(11-7)10-12-8(2)4-6-14(10)16/h3-6H,1-2H3. The molecule has 0 aromatic carbocycles. The third-order valence-corrected chi connectivity index (χ3v) is 2.08. The van der Waals surface area contributed by atoms with E-state index in [-0.39, 0.29) is 11.6 Å².